The lowest BCUT2D eigenvalue weighted by Crippen LogP contribution is -2.63. The highest BCUT2D eigenvalue weighted by atomic mass is 35.5. The number of hydrazine groups is 1. The molecule has 62 heavy (non-hydrogen) atoms. The molecule has 3 N–H and O–H groups in total. The van der Waals surface area contributed by atoms with Crippen molar-refractivity contribution in [2.24, 2.45) is 5.92 Å². The number of aromatic nitrogens is 2. The summed E-state index contributed by atoms with van der Waals surface area (Å²) in [6.45, 7) is 9.84. The fraction of sp³-hybridized carbons (Fsp3) is 0.533. The van der Waals surface area contributed by atoms with Crippen molar-refractivity contribution in [1.82, 2.24) is 30.2 Å². The quantitative estimate of drug-likeness (QED) is 0.144. The Hall–Kier alpha value is -4.84. The van der Waals surface area contributed by atoms with E-state index in [1.165, 1.54) is 16.9 Å². The lowest BCUT2D eigenvalue weighted by Gasteiger charge is -2.42. The highest BCUT2D eigenvalue weighted by Gasteiger charge is 2.64. The van der Waals surface area contributed by atoms with Gasteiger partial charge in [0.15, 0.2) is 5.72 Å². The molecule has 3 amide bonds. The Balaban J connectivity index is 1.27. The number of hydrogen-bond acceptors (Lipinski definition) is 12. The summed E-state index contributed by atoms with van der Waals surface area (Å²) in [4.78, 5) is 62.5. The van der Waals surface area contributed by atoms with Crippen molar-refractivity contribution >= 4 is 52.2 Å². The molecule has 3 aliphatic heterocycles. The molecule has 2 fully saturated rings. The molecule has 5 heterocycles. The molecule has 4 bridgehead atoms. The third-order valence-electron chi connectivity index (χ3n) is 12.6. The van der Waals surface area contributed by atoms with Crippen molar-refractivity contribution in [1.29, 1.82) is 0 Å². The van der Waals surface area contributed by atoms with E-state index in [-0.39, 0.29) is 25.2 Å². The number of aliphatic hydroxyl groups is 1. The number of fused-ring (bicyclic) bond motifs is 6. The zero-order valence-electron chi connectivity index (χ0n) is 37.2. The number of aryl methyl sites for hydroxylation is 2. The van der Waals surface area contributed by atoms with Gasteiger partial charge in [-0.3, -0.25) is 20.3 Å². The van der Waals surface area contributed by atoms with Crippen LogP contribution < -0.4 is 15.6 Å². The van der Waals surface area contributed by atoms with E-state index in [2.05, 4.69) is 15.7 Å². The summed E-state index contributed by atoms with van der Waals surface area (Å²) in [7, 11) is 8.36. The van der Waals surface area contributed by atoms with Gasteiger partial charge >= 0.3 is 12.1 Å². The van der Waals surface area contributed by atoms with Gasteiger partial charge in [0.25, 0.3) is 0 Å². The van der Waals surface area contributed by atoms with Crippen LogP contribution in [0.1, 0.15) is 63.8 Å². The van der Waals surface area contributed by atoms with Crippen molar-refractivity contribution in [3.63, 3.8) is 0 Å². The van der Waals surface area contributed by atoms with Crippen LogP contribution in [-0.4, -0.2) is 126 Å². The summed E-state index contributed by atoms with van der Waals surface area (Å²) >= 11 is 6.83. The maximum Gasteiger partial charge on any atom is 0.409 e. The predicted octanol–water partition coefficient (Wildman–Crippen LogP) is 4.82. The van der Waals surface area contributed by atoms with Crippen molar-refractivity contribution in [3.05, 3.63) is 82.2 Å². The second kappa shape index (κ2) is 18.9. The van der Waals surface area contributed by atoms with Gasteiger partial charge in [0.2, 0.25) is 11.8 Å². The Morgan fingerprint density at radius 3 is 2.66 bits per heavy atom. The van der Waals surface area contributed by atoms with Crippen LogP contribution in [-0.2, 0) is 52.8 Å². The lowest BCUT2D eigenvalue weighted by molar-refractivity contribution is -0.162. The molecule has 0 saturated carbocycles. The fourth-order valence-electron chi connectivity index (χ4n) is 8.48. The minimum absolute atomic E-state index is 0.0520. The van der Waals surface area contributed by atoms with Crippen molar-refractivity contribution in [3.8, 4) is 0 Å². The number of amides is 3. The zero-order valence-corrected chi connectivity index (χ0v) is 38.0. The smallest absolute Gasteiger partial charge is 0.409 e. The molecule has 17 heteroatoms. The summed E-state index contributed by atoms with van der Waals surface area (Å²) in [5.74, 6) is -1.96. The molecular formula is C45H60ClN7O9. The average Bonchev–Trinajstić information content (AvgIpc) is 3.81. The molecule has 0 aliphatic carbocycles. The molecule has 0 spiro atoms. The predicted molar refractivity (Wildman–Crippen MR) is 234 cm³/mol. The number of benzene rings is 1. The number of epoxide rings is 1. The third-order valence-corrected chi connectivity index (χ3v) is 13.1. The number of alkyl carbamates (subject to hydrolysis) is 1. The number of anilines is 1. The van der Waals surface area contributed by atoms with E-state index in [4.69, 9.17) is 30.5 Å². The summed E-state index contributed by atoms with van der Waals surface area (Å²) in [6, 6.07) is 8.66. The van der Waals surface area contributed by atoms with E-state index in [0.717, 1.165) is 33.4 Å². The molecule has 8 atom stereocenters. The first-order valence-electron chi connectivity index (χ1n) is 20.9. The van der Waals surface area contributed by atoms with Gasteiger partial charge in [-0.1, -0.05) is 48.4 Å². The van der Waals surface area contributed by atoms with Crippen LogP contribution in [0.5, 0.6) is 0 Å². The molecule has 16 nitrogen and oxygen atoms in total. The van der Waals surface area contributed by atoms with Crippen LogP contribution in [0.2, 0.25) is 5.02 Å². The molecular weight excluding hydrogens is 818 g/mol. The van der Waals surface area contributed by atoms with Gasteiger partial charge in [0.05, 0.1) is 29.8 Å². The van der Waals surface area contributed by atoms with E-state index in [0.29, 0.717) is 30.2 Å². The van der Waals surface area contributed by atoms with Crippen LogP contribution in [0.25, 0.3) is 11.0 Å². The molecule has 3 aromatic rings. The Bertz CT molecular complexity index is 2250. The standard InChI is InChI=1S/C45H60ClN7O9/c1-26-13-11-15-35(59-10)45(58)24-34(60-43(57)49-45)28(3)40-44(5,62-40)36(23-38(55)52(9)33-21-30(19-26)20-27(2)39(33)46)61-42(56)29(4)51(8)37(54)16-18-53-32(25-50(7)47-6)22-31-14-12-17-48-41(31)53/h11-15,17,20-22,28-29,34-36,40,47,58H,16,18-19,23-25H2,1-10H3,(H,49,57)/b15-11+,26-13+/t28-,29+,34+,35-,36+,40?,44+,45+/m1/s1. The molecule has 1 aromatic carbocycles. The summed E-state index contributed by atoms with van der Waals surface area (Å²) in [5, 5.41) is 17.6. The van der Waals surface area contributed by atoms with E-state index >= 15 is 0 Å². The Labute approximate surface area is 368 Å². The number of rotatable bonds is 10. The minimum atomic E-state index is -1.83. The number of nitrogens with one attached hydrogen (secondary N) is 2. The number of carbonyl (C=O) groups is 4. The number of allylic oxidation sites excluding steroid dienone is 3. The van der Waals surface area contributed by atoms with Gasteiger partial charge in [0, 0.05) is 70.8 Å². The first kappa shape index (κ1) is 46.7. The topological polar surface area (TPSA) is 180 Å². The molecule has 1 unspecified atom stereocenters. The van der Waals surface area contributed by atoms with E-state index in [9.17, 15) is 24.3 Å². The van der Waals surface area contributed by atoms with Crippen LogP contribution >= 0.6 is 11.6 Å². The van der Waals surface area contributed by atoms with Gasteiger partial charge < -0.3 is 38.4 Å². The number of pyridine rings is 1. The van der Waals surface area contributed by atoms with Gasteiger partial charge in [-0.15, -0.1) is 0 Å². The van der Waals surface area contributed by atoms with Gasteiger partial charge in [-0.05, 0) is 76.6 Å². The van der Waals surface area contributed by atoms with Gasteiger partial charge in [0.1, 0.15) is 35.6 Å². The van der Waals surface area contributed by atoms with E-state index in [1.54, 1.807) is 46.3 Å². The molecule has 336 valence electrons. The second-order valence-corrected chi connectivity index (χ2v) is 17.4. The number of hydrogen-bond donors (Lipinski definition) is 3. The maximum atomic E-state index is 14.3. The van der Waals surface area contributed by atoms with Crippen LogP contribution in [0.4, 0.5) is 10.5 Å². The summed E-state index contributed by atoms with van der Waals surface area (Å²) < 4.78 is 26.0. The third kappa shape index (κ3) is 9.85. The van der Waals surface area contributed by atoms with Gasteiger partial charge in [-0.25, -0.2) is 19.6 Å². The Morgan fingerprint density at radius 1 is 1.21 bits per heavy atom. The number of nitrogens with zero attached hydrogens (tertiary/aromatic N) is 5. The van der Waals surface area contributed by atoms with E-state index < -0.39 is 65.7 Å². The van der Waals surface area contributed by atoms with Crippen molar-refractivity contribution < 1.29 is 43.2 Å². The van der Waals surface area contributed by atoms with Crippen LogP contribution in [0, 0.1) is 12.8 Å². The number of carbonyl (C=O) groups excluding carboxylic acids is 4. The molecule has 2 aromatic heterocycles. The first-order valence-corrected chi connectivity index (χ1v) is 21.3. The second-order valence-electron chi connectivity index (χ2n) is 17.1. The number of esters is 1. The summed E-state index contributed by atoms with van der Waals surface area (Å²) in [5.41, 5.74) is 4.90. The largest absolute Gasteiger partial charge is 0.457 e. The number of likely N-dealkylation sites (N-methyl/N-ethyl adjacent to an activating group) is 1. The molecule has 0 radical (unpaired) electrons. The fourth-order valence-corrected chi connectivity index (χ4v) is 8.72. The van der Waals surface area contributed by atoms with Crippen molar-refractivity contribution in [2.75, 3.05) is 40.2 Å². The monoisotopic (exact) mass is 877 g/mol. The molecule has 3 aliphatic rings. The molecule has 2 saturated heterocycles. The SMILES string of the molecule is CNN(C)Cc1cc2cccnc2n1CCC(=O)N(C)[C@@H](C)C(=O)O[C@H]1CC(=O)N(C)c2cc(cc(C)c2Cl)C/C(C)=C/C=C/[C@@H](OC)[C@@]2(O)C[C@H](OC(=O)N2)[C@@H](C)C2O[C@]21C. The van der Waals surface area contributed by atoms with Gasteiger partial charge in [-0.2, -0.15) is 0 Å². The van der Waals surface area contributed by atoms with E-state index in [1.807, 2.05) is 80.9 Å². The first-order chi connectivity index (χ1) is 29.3. The number of ether oxygens (including phenoxy) is 4. The zero-order chi connectivity index (χ0) is 45.3. The summed E-state index contributed by atoms with van der Waals surface area (Å²) in [6.07, 6.45) is 2.86. The normalized spacial score (nSPS) is 28.6. The highest BCUT2D eigenvalue weighted by molar-refractivity contribution is 6.34. The Morgan fingerprint density at radius 2 is 1.95 bits per heavy atom. The van der Waals surface area contributed by atoms with Crippen LogP contribution in [0.15, 0.2) is 60.3 Å². The minimum Gasteiger partial charge on any atom is -0.457 e. The number of methoxy groups -OCH3 is 1. The average molecular weight is 878 g/mol. The number of halogens is 1. The van der Waals surface area contributed by atoms with Crippen molar-refractivity contribution in [2.45, 2.75) is 115 Å². The maximum absolute atomic E-state index is 14.3. The van der Waals surface area contributed by atoms with Crippen LogP contribution in [0.3, 0.4) is 0 Å². The Kier molecular flexibility index (Phi) is 14.2. The molecule has 6 rings (SSSR count). The highest BCUT2D eigenvalue weighted by Crippen LogP contribution is 2.49. The lowest BCUT2D eigenvalue weighted by atomic mass is 9.83.